The fourth-order valence-corrected chi connectivity index (χ4v) is 2.53. The van der Waals surface area contributed by atoms with Crippen molar-refractivity contribution in [3.05, 3.63) is 35.1 Å². The summed E-state index contributed by atoms with van der Waals surface area (Å²) in [4.78, 5) is 0. The van der Waals surface area contributed by atoms with Gasteiger partial charge in [0.1, 0.15) is 5.82 Å². The molecule has 4 heteroatoms. The summed E-state index contributed by atoms with van der Waals surface area (Å²) in [5.74, 6) is 5.39. The van der Waals surface area contributed by atoms with Crippen LogP contribution in [0.1, 0.15) is 42.9 Å². The van der Waals surface area contributed by atoms with Gasteiger partial charge in [-0.3, -0.25) is 11.3 Å². The van der Waals surface area contributed by atoms with E-state index >= 15 is 0 Å². The Balaban J connectivity index is 2.09. The highest BCUT2D eigenvalue weighted by Crippen LogP contribution is 2.26. The molecule has 2 unspecified atom stereocenters. The molecule has 2 rings (SSSR count). The number of hydrogen-bond donors (Lipinski definition) is 2. The Hall–Kier alpha value is -0.970. The van der Waals surface area contributed by atoms with E-state index in [2.05, 4.69) is 5.43 Å². The minimum absolute atomic E-state index is 0.0520. The zero-order chi connectivity index (χ0) is 13.0. The van der Waals surface area contributed by atoms with Crippen LogP contribution in [0.3, 0.4) is 0 Å². The van der Waals surface area contributed by atoms with Crippen molar-refractivity contribution in [1.82, 2.24) is 5.43 Å². The highest BCUT2D eigenvalue weighted by atomic mass is 19.1. The predicted molar refractivity (Wildman–Crippen MR) is 69.4 cm³/mol. The number of aryl methyl sites for hydroxylation is 1. The molecule has 0 radical (unpaired) electrons. The average molecular weight is 252 g/mol. The maximum atomic E-state index is 13.3. The van der Waals surface area contributed by atoms with E-state index in [1.54, 1.807) is 12.1 Å². The van der Waals surface area contributed by atoms with Crippen molar-refractivity contribution in [2.45, 2.75) is 44.8 Å². The molecule has 0 aromatic heterocycles. The molecule has 1 aromatic rings. The molecule has 1 aromatic carbocycles. The van der Waals surface area contributed by atoms with Crippen LogP contribution in [0.4, 0.5) is 4.39 Å². The second-order valence-electron chi connectivity index (χ2n) is 4.94. The monoisotopic (exact) mass is 252 g/mol. The van der Waals surface area contributed by atoms with E-state index in [1.165, 1.54) is 12.5 Å². The summed E-state index contributed by atoms with van der Waals surface area (Å²) >= 11 is 0. The van der Waals surface area contributed by atoms with Gasteiger partial charge in [0.2, 0.25) is 0 Å². The average Bonchev–Trinajstić information content (AvgIpc) is 2.40. The van der Waals surface area contributed by atoms with Crippen LogP contribution in [0.5, 0.6) is 0 Å². The summed E-state index contributed by atoms with van der Waals surface area (Å²) in [5.41, 5.74) is 4.76. The van der Waals surface area contributed by atoms with Crippen LogP contribution in [0.15, 0.2) is 18.2 Å². The first-order valence-corrected chi connectivity index (χ1v) is 6.54. The Labute approximate surface area is 107 Å². The highest BCUT2D eigenvalue weighted by Gasteiger charge is 2.21. The number of ether oxygens (including phenoxy) is 1. The maximum Gasteiger partial charge on any atom is 0.123 e. The Morgan fingerprint density at radius 3 is 3.00 bits per heavy atom. The zero-order valence-corrected chi connectivity index (χ0v) is 10.8. The smallest absolute Gasteiger partial charge is 0.123 e. The van der Waals surface area contributed by atoms with Crippen molar-refractivity contribution >= 4 is 0 Å². The van der Waals surface area contributed by atoms with E-state index in [9.17, 15) is 4.39 Å². The molecule has 0 amide bonds. The maximum absolute atomic E-state index is 13.3. The molecule has 3 N–H and O–H groups in total. The Bertz CT molecular complexity index is 391. The first-order valence-electron chi connectivity index (χ1n) is 6.54. The number of nitrogens with one attached hydrogen (secondary N) is 1. The van der Waals surface area contributed by atoms with Gasteiger partial charge in [-0.1, -0.05) is 6.07 Å². The molecule has 18 heavy (non-hydrogen) atoms. The van der Waals surface area contributed by atoms with Gasteiger partial charge in [0.15, 0.2) is 0 Å². The van der Waals surface area contributed by atoms with Gasteiger partial charge in [-0.15, -0.1) is 0 Å². The minimum Gasteiger partial charge on any atom is -0.378 e. The third-order valence-corrected chi connectivity index (χ3v) is 3.59. The van der Waals surface area contributed by atoms with Crippen LogP contribution < -0.4 is 11.3 Å². The first-order chi connectivity index (χ1) is 8.70. The number of hydrogen-bond acceptors (Lipinski definition) is 3. The van der Waals surface area contributed by atoms with E-state index in [1.807, 2.05) is 6.92 Å². The van der Waals surface area contributed by atoms with Crippen molar-refractivity contribution in [3.63, 3.8) is 0 Å². The summed E-state index contributed by atoms with van der Waals surface area (Å²) in [7, 11) is 0. The third-order valence-electron chi connectivity index (χ3n) is 3.59. The molecular weight excluding hydrogens is 231 g/mol. The minimum atomic E-state index is -0.222. The number of hydrazine groups is 1. The topological polar surface area (TPSA) is 47.3 Å². The SMILES string of the molecule is Cc1ccc(F)cc1C(CC1CCCCO1)NN. The van der Waals surface area contributed by atoms with E-state index < -0.39 is 0 Å². The lowest BCUT2D eigenvalue weighted by Gasteiger charge is -2.27. The van der Waals surface area contributed by atoms with E-state index in [0.29, 0.717) is 0 Å². The van der Waals surface area contributed by atoms with Gasteiger partial charge in [0, 0.05) is 12.6 Å². The summed E-state index contributed by atoms with van der Waals surface area (Å²) in [5, 5.41) is 0. The Kier molecular flexibility index (Phi) is 4.69. The van der Waals surface area contributed by atoms with Crippen molar-refractivity contribution in [1.29, 1.82) is 0 Å². The molecule has 1 saturated heterocycles. The summed E-state index contributed by atoms with van der Waals surface area (Å²) in [6.45, 7) is 2.80. The van der Waals surface area contributed by atoms with E-state index in [-0.39, 0.29) is 18.0 Å². The van der Waals surface area contributed by atoms with Crippen LogP contribution in [0.2, 0.25) is 0 Å². The summed E-state index contributed by atoms with van der Waals surface area (Å²) in [6.07, 6.45) is 4.41. The van der Waals surface area contributed by atoms with Crippen molar-refractivity contribution in [3.8, 4) is 0 Å². The van der Waals surface area contributed by atoms with E-state index in [4.69, 9.17) is 10.6 Å². The molecular formula is C14H21FN2O. The molecule has 0 aliphatic carbocycles. The lowest BCUT2D eigenvalue weighted by Crippen LogP contribution is -2.33. The number of rotatable bonds is 4. The number of nitrogens with two attached hydrogens (primary N) is 1. The molecule has 100 valence electrons. The van der Waals surface area contributed by atoms with Gasteiger partial charge in [-0.2, -0.15) is 0 Å². The molecule has 0 spiro atoms. The molecule has 0 saturated carbocycles. The highest BCUT2D eigenvalue weighted by molar-refractivity contribution is 5.29. The van der Waals surface area contributed by atoms with Crippen LogP contribution in [0, 0.1) is 12.7 Å². The quantitative estimate of drug-likeness (QED) is 0.639. The van der Waals surface area contributed by atoms with Gasteiger partial charge < -0.3 is 4.74 Å². The van der Waals surface area contributed by atoms with Crippen LogP contribution >= 0.6 is 0 Å². The molecule has 1 aliphatic heterocycles. The normalized spacial score (nSPS) is 21.8. The number of halogens is 1. The Morgan fingerprint density at radius 2 is 2.33 bits per heavy atom. The summed E-state index contributed by atoms with van der Waals surface area (Å²) < 4.78 is 19.0. The second kappa shape index (κ2) is 6.27. The van der Waals surface area contributed by atoms with Crippen molar-refractivity contribution in [2.75, 3.05) is 6.61 Å². The molecule has 3 nitrogen and oxygen atoms in total. The Morgan fingerprint density at radius 1 is 1.50 bits per heavy atom. The van der Waals surface area contributed by atoms with E-state index in [0.717, 1.165) is 37.0 Å². The van der Waals surface area contributed by atoms with Gasteiger partial charge >= 0.3 is 0 Å². The molecule has 1 heterocycles. The molecule has 0 bridgehead atoms. The standard InChI is InChI=1S/C14H21FN2O/c1-10-5-6-11(15)8-13(10)14(17-16)9-12-4-2-3-7-18-12/h5-6,8,12,14,17H,2-4,7,9,16H2,1H3. The fourth-order valence-electron chi connectivity index (χ4n) is 2.53. The van der Waals surface area contributed by atoms with Gasteiger partial charge in [-0.05, 0) is 55.9 Å². The van der Waals surface area contributed by atoms with Crippen LogP contribution in [-0.2, 0) is 4.74 Å². The molecule has 2 atom stereocenters. The number of benzene rings is 1. The zero-order valence-electron chi connectivity index (χ0n) is 10.8. The largest absolute Gasteiger partial charge is 0.378 e. The lowest BCUT2D eigenvalue weighted by molar-refractivity contribution is 0.00497. The van der Waals surface area contributed by atoms with Gasteiger partial charge in [-0.25, -0.2) is 4.39 Å². The van der Waals surface area contributed by atoms with Crippen LogP contribution in [0.25, 0.3) is 0 Å². The van der Waals surface area contributed by atoms with Gasteiger partial charge in [0.05, 0.1) is 6.10 Å². The third kappa shape index (κ3) is 3.28. The fraction of sp³-hybridized carbons (Fsp3) is 0.571. The molecule has 1 fully saturated rings. The van der Waals surface area contributed by atoms with Crippen LogP contribution in [-0.4, -0.2) is 12.7 Å². The lowest BCUT2D eigenvalue weighted by atomic mass is 9.94. The van der Waals surface area contributed by atoms with Crippen molar-refractivity contribution in [2.24, 2.45) is 5.84 Å². The molecule has 1 aliphatic rings. The van der Waals surface area contributed by atoms with Crippen molar-refractivity contribution < 1.29 is 9.13 Å². The summed E-state index contributed by atoms with van der Waals surface area (Å²) in [6, 6.07) is 4.77. The predicted octanol–water partition coefficient (Wildman–Crippen LogP) is 2.60. The second-order valence-corrected chi connectivity index (χ2v) is 4.94. The first kappa shape index (κ1) is 13.5. The van der Waals surface area contributed by atoms with Gasteiger partial charge in [0.25, 0.3) is 0 Å².